The Hall–Kier alpha value is -3.39. The first-order chi connectivity index (χ1) is 13.0. The fraction of sp³-hybridized carbons (Fsp3) is 0.250. The van der Waals surface area contributed by atoms with E-state index in [9.17, 15) is 8.42 Å². The molecule has 1 aliphatic rings. The van der Waals surface area contributed by atoms with Crippen LogP contribution in [0.3, 0.4) is 0 Å². The van der Waals surface area contributed by atoms with Crippen molar-refractivity contribution in [1.29, 1.82) is 5.26 Å². The Morgan fingerprint density at radius 2 is 2.19 bits per heavy atom. The number of aromatic nitrogens is 5. The van der Waals surface area contributed by atoms with Crippen molar-refractivity contribution in [3.05, 3.63) is 41.9 Å². The average molecular weight is 385 g/mol. The maximum Gasteiger partial charge on any atom is 0.270 e. The highest BCUT2D eigenvalue weighted by molar-refractivity contribution is 7.92. The first-order valence-corrected chi connectivity index (χ1v) is 9.60. The number of sulfonamides is 1. The van der Waals surface area contributed by atoms with Gasteiger partial charge in [0.05, 0.1) is 18.4 Å². The molecule has 0 atom stereocenters. The molecule has 0 saturated heterocycles. The van der Waals surface area contributed by atoms with E-state index in [1.165, 1.54) is 21.8 Å². The van der Waals surface area contributed by atoms with Crippen LogP contribution in [0.5, 0.6) is 5.88 Å². The van der Waals surface area contributed by atoms with E-state index in [4.69, 9.17) is 10.00 Å². The normalized spacial score (nSPS) is 13.5. The Labute approximate surface area is 155 Å². The lowest BCUT2D eigenvalue weighted by Gasteiger charge is -2.16. The second-order valence-electron chi connectivity index (χ2n) is 5.97. The summed E-state index contributed by atoms with van der Waals surface area (Å²) in [5, 5.41) is 17.2. The molecule has 0 unspecified atom stereocenters. The van der Waals surface area contributed by atoms with E-state index in [-0.39, 0.29) is 16.6 Å². The fourth-order valence-electron chi connectivity index (χ4n) is 2.68. The summed E-state index contributed by atoms with van der Waals surface area (Å²) in [4.78, 5) is 4.12. The Morgan fingerprint density at radius 1 is 1.33 bits per heavy atom. The number of nitrogens with zero attached hydrogens (tertiary/aromatic N) is 6. The van der Waals surface area contributed by atoms with Gasteiger partial charge in [-0.1, -0.05) is 0 Å². The zero-order valence-corrected chi connectivity index (χ0v) is 15.1. The lowest BCUT2D eigenvalue weighted by atomic mass is 10.3. The second-order valence-corrected chi connectivity index (χ2v) is 7.62. The monoisotopic (exact) mass is 385 g/mol. The number of fused-ring (bicyclic) bond motifs is 1. The molecule has 4 rings (SSSR count). The molecule has 3 aromatic heterocycles. The fourth-order valence-corrected chi connectivity index (χ4v) is 3.82. The van der Waals surface area contributed by atoms with E-state index >= 15 is 0 Å². The van der Waals surface area contributed by atoms with Crippen LogP contribution in [0.15, 0.2) is 35.6 Å². The zero-order valence-electron chi connectivity index (χ0n) is 14.3. The number of nitriles is 1. The van der Waals surface area contributed by atoms with Crippen LogP contribution in [0, 0.1) is 18.3 Å². The summed E-state index contributed by atoms with van der Waals surface area (Å²) in [5.41, 5.74) is 1.04. The summed E-state index contributed by atoms with van der Waals surface area (Å²) in [5.74, 6) is 0.880. The number of pyridine rings is 1. The number of anilines is 1. The Bertz CT molecular complexity index is 1140. The van der Waals surface area contributed by atoms with Gasteiger partial charge in [-0.15, -0.1) is 5.10 Å². The average Bonchev–Trinajstić information content (AvgIpc) is 3.26. The van der Waals surface area contributed by atoms with Crippen molar-refractivity contribution >= 4 is 15.8 Å². The second kappa shape index (κ2) is 6.40. The summed E-state index contributed by atoms with van der Waals surface area (Å²) < 4.78 is 36.5. The van der Waals surface area contributed by atoms with Crippen LogP contribution in [0.2, 0.25) is 0 Å². The Morgan fingerprint density at radius 3 is 2.93 bits per heavy atom. The van der Waals surface area contributed by atoms with E-state index in [0.717, 1.165) is 6.42 Å². The molecular weight excluding hydrogens is 370 g/mol. The van der Waals surface area contributed by atoms with Crippen LogP contribution in [0.4, 0.5) is 5.82 Å². The SMILES string of the molecule is Cc1cn(-c2ccc(C#N)cn2)nc1NS(=O)(=O)c1cnn2c1OCCC2. The highest BCUT2D eigenvalue weighted by Gasteiger charge is 2.28. The molecule has 0 fully saturated rings. The van der Waals surface area contributed by atoms with Gasteiger partial charge in [-0.3, -0.25) is 4.72 Å². The predicted octanol–water partition coefficient (Wildman–Crippen LogP) is 1.23. The van der Waals surface area contributed by atoms with Crippen molar-refractivity contribution in [2.45, 2.75) is 24.8 Å². The van der Waals surface area contributed by atoms with E-state index in [0.29, 0.717) is 30.1 Å². The van der Waals surface area contributed by atoms with Crippen LogP contribution in [-0.2, 0) is 16.6 Å². The van der Waals surface area contributed by atoms with Crippen molar-refractivity contribution in [1.82, 2.24) is 24.5 Å². The number of ether oxygens (including phenoxy) is 1. The minimum atomic E-state index is -3.91. The molecule has 4 heterocycles. The van der Waals surface area contributed by atoms with Gasteiger partial charge < -0.3 is 4.74 Å². The van der Waals surface area contributed by atoms with E-state index in [2.05, 4.69) is 19.9 Å². The summed E-state index contributed by atoms with van der Waals surface area (Å²) in [6, 6.07) is 5.23. The first-order valence-electron chi connectivity index (χ1n) is 8.12. The highest BCUT2D eigenvalue weighted by Crippen LogP contribution is 2.28. The van der Waals surface area contributed by atoms with Gasteiger partial charge in [0.25, 0.3) is 10.0 Å². The van der Waals surface area contributed by atoms with Crippen LogP contribution < -0.4 is 9.46 Å². The molecule has 0 bridgehead atoms. The molecule has 1 N–H and O–H groups in total. The third kappa shape index (κ3) is 3.11. The molecule has 3 aromatic rings. The topological polar surface area (TPSA) is 128 Å². The minimum absolute atomic E-state index is 0.0207. The van der Waals surface area contributed by atoms with Crippen molar-refractivity contribution in [3.63, 3.8) is 0 Å². The van der Waals surface area contributed by atoms with Crippen LogP contribution in [0.25, 0.3) is 5.82 Å². The van der Waals surface area contributed by atoms with Crippen LogP contribution in [-0.4, -0.2) is 39.6 Å². The van der Waals surface area contributed by atoms with Gasteiger partial charge in [0.15, 0.2) is 16.5 Å². The smallest absolute Gasteiger partial charge is 0.270 e. The van der Waals surface area contributed by atoms with Gasteiger partial charge in [-0.2, -0.15) is 10.4 Å². The third-order valence-electron chi connectivity index (χ3n) is 4.04. The largest absolute Gasteiger partial charge is 0.477 e. The summed E-state index contributed by atoms with van der Waals surface area (Å²) in [6.45, 7) is 2.80. The van der Waals surface area contributed by atoms with Gasteiger partial charge in [0.1, 0.15) is 6.07 Å². The van der Waals surface area contributed by atoms with Crippen LogP contribution in [0.1, 0.15) is 17.5 Å². The quantitative estimate of drug-likeness (QED) is 0.715. The molecule has 0 radical (unpaired) electrons. The Kier molecular flexibility index (Phi) is 4.04. The number of nitrogens with one attached hydrogen (secondary N) is 1. The molecule has 10 nitrogen and oxygen atoms in total. The van der Waals surface area contributed by atoms with E-state index in [1.54, 1.807) is 25.3 Å². The molecule has 0 saturated carbocycles. The molecule has 138 valence electrons. The summed E-state index contributed by atoms with van der Waals surface area (Å²) >= 11 is 0. The van der Waals surface area contributed by atoms with Crippen LogP contribution >= 0.6 is 0 Å². The highest BCUT2D eigenvalue weighted by atomic mass is 32.2. The Balaban J connectivity index is 1.63. The molecular formula is C16H15N7O3S. The number of hydrogen-bond acceptors (Lipinski definition) is 7. The predicted molar refractivity (Wildman–Crippen MR) is 94.0 cm³/mol. The van der Waals surface area contributed by atoms with Gasteiger partial charge in [-0.05, 0) is 19.1 Å². The van der Waals surface area contributed by atoms with Gasteiger partial charge in [0, 0.05) is 30.9 Å². The number of aryl methyl sites for hydroxylation is 2. The lowest BCUT2D eigenvalue weighted by molar-refractivity contribution is 0.224. The van der Waals surface area contributed by atoms with Crippen molar-refractivity contribution in [2.75, 3.05) is 11.3 Å². The molecule has 0 spiro atoms. The molecule has 0 amide bonds. The molecule has 0 aromatic carbocycles. The van der Waals surface area contributed by atoms with E-state index < -0.39 is 10.0 Å². The molecule has 0 aliphatic carbocycles. The first kappa shape index (κ1) is 17.0. The van der Waals surface area contributed by atoms with Gasteiger partial charge in [0.2, 0.25) is 5.88 Å². The lowest BCUT2D eigenvalue weighted by Crippen LogP contribution is -2.19. The molecule has 1 aliphatic heterocycles. The number of rotatable bonds is 4. The number of hydrogen-bond donors (Lipinski definition) is 1. The maximum atomic E-state index is 12.8. The van der Waals surface area contributed by atoms with Gasteiger partial charge in [-0.25, -0.2) is 22.8 Å². The van der Waals surface area contributed by atoms with E-state index in [1.807, 2.05) is 6.07 Å². The summed E-state index contributed by atoms with van der Waals surface area (Å²) in [7, 11) is -3.91. The minimum Gasteiger partial charge on any atom is -0.477 e. The maximum absolute atomic E-state index is 12.8. The van der Waals surface area contributed by atoms with Crippen molar-refractivity contribution in [3.8, 4) is 17.8 Å². The molecule has 11 heteroatoms. The van der Waals surface area contributed by atoms with Crippen molar-refractivity contribution in [2.24, 2.45) is 0 Å². The summed E-state index contributed by atoms with van der Waals surface area (Å²) in [6.07, 6.45) is 5.13. The molecule has 27 heavy (non-hydrogen) atoms. The van der Waals surface area contributed by atoms with Crippen molar-refractivity contribution < 1.29 is 13.2 Å². The standard InChI is InChI=1S/C16H15N7O3S/c1-11-10-23(14-4-3-12(7-17)8-18-14)20-15(11)21-27(24,25)13-9-19-22-5-2-6-26-16(13)22/h3-4,8-10H,2,5-6H2,1H3,(H,20,21). The van der Waals surface area contributed by atoms with Gasteiger partial charge >= 0.3 is 0 Å². The zero-order chi connectivity index (χ0) is 19.0. The third-order valence-corrected chi connectivity index (χ3v) is 5.36.